The van der Waals surface area contributed by atoms with Gasteiger partial charge in [-0.2, -0.15) is 11.8 Å². The van der Waals surface area contributed by atoms with Crippen LogP contribution in [0.1, 0.15) is 46.0 Å². The van der Waals surface area contributed by atoms with E-state index >= 15 is 0 Å². The highest BCUT2D eigenvalue weighted by molar-refractivity contribution is 8.00. The Morgan fingerprint density at radius 2 is 1.73 bits per heavy atom. The highest BCUT2D eigenvalue weighted by Gasteiger charge is 2.22. The summed E-state index contributed by atoms with van der Waals surface area (Å²) >= 11 is 2.20. The van der Waals surface area contributed by atoms with Crippen molar-refractivity contribution in [3.8, 4) is 0 Å². The van der Waals surface area contributed by atoms with Crippen molar-refractivity contribution in [1.29, 1.82) is 0 Å². The van der Waals surface area contributed by atoms with Crippen LogP contribution < -0.4 is 0 Å². The summed E-state index contributed by atoms with van der Waals surface area (Å²) in [4.78, 5) is 0. The molecular formula is C14H23S. The number of allylic oxidation sites excluding steroid dienone is 1. The van der Waals surface area contributed by atoms with Crippen molar-refractivity contribution in [2.45, 2.75) is 56.5 Å². The molecule has 2 aliphatic rings. The van der Waals surface area contributed by atoms with Gasteiger partial charge in [-0.05, 0) is 50.4 Å². The molecule has 2 rings (SSSR count). The molecule has 1 fully saturated rings. The highest BCUT2D eigenvalue weighted by atomic mass is 32.2. The highest BCUT2D eigenvalue weighted by Crippen LogP contribution is 2.36. The van der Waals surface area contributed by atoms with E-state index in [4.69, 9.17) is 0 Å². The summed E-state index contributed by atoms with van der Waals surface area (Å²) in [5.41, 5.74) is 0. The van der Waals surface area contributed by atoms with E-state index in [9.17, 15) is 0 Å². The zero-order chi connectivity index (χ0) is 10.7. The lowest BCUT2D eigenvalue weighted by Gasteiger charge is -2.29. The summed E-state index contributed by atoms with van der Waals surface area (Å²) in [5.74, 6) is 1.75. The smallest absolute Gasteiger partial charge is 0.0230 e. The lowest BCUT2D eigenvalue weighted by Crippen LogP contribution is -2.19. The van der Waals surface area contributed by atoms with Crippen LogP contribution in [0.2, 0.25) is 0 Å². The van der Waals surface area contributed by atoms with Gasteiger partial charge in [0.15, 0.2) is 0 Å². The van der Waals surface area contributed by atoms with E-state index in [1.165, 1.54) is 32.1 Å². The van der Waals surface area contributed by atoms with Gasteiger partial charge in [0.1, 0.15) is 0 Å². The third-order valence-corrected chi connectivity index (χ3v) is 5.18. The summed E-state index contributed by atoms with van der Waals surface area (Å²) in [6, 6.07) is 0. The minimum absolute atomic E-state index is 0.802. The molecule has 0 aliphatic heterocycles. The molecular weight excluding hydrogens is 200 g/mol. The summed E-state index contributed by atoms with van der Waals surface area (Å²) in [5, 5.41) is 1.64. The Morgan fingerprint density at radius 3 is 2.33 bits per heavy atom. The van der Waals surface area contributed by atoms with Crippen LogP contribution in [0.5, 0.6) is 0 Å². The zero-order valence-corrected chi connectivity index (χ0v) is 10.8. The normalized spacial score (nSPS) is 41.7. The lowest BCUT2D eigenvalue weighted by atomic mass is 9.91. The van der Waals surface area contributed by atoms with Crippen molar-refractivity contribution >= 4 is 11.8 Å². The Kier molecular flexibility index (Phi) is 4.19. The molecule has 1 saturated carbocycles. The zero-order valence-electron chi connectivity index (χ0n) is 9.99. The van der Waals surface area contributed by atoms with Crippen LogP contribution in [0, 0.1) is 18.3 Å². The van der Waals surface area contributed by atoms with Crippen LogP contribution >= 0.6 is 11.8 Å². The molecule has 4 unspecified atom stereocenters. The molecule has 0 aromatic rings. The first-order valence-corrected chi connectivity index (χ1v) is 7.35. The predicted molar refractivity (Wildman–Crippen MR) is 70.0 cm³/mol. The Morgan fingerprint density at radius 1 is 0.933 bits per heavy atom. The van der Waals surface area contributed by atoms with Gasteiger partial charge in [0.25, 0.3) is 0 Å². The van der Waals surface area contributed by atoms with Crippen LogP contribution in [0.3, 0.4) is 0 Å². The minimum Gasteiger partial charge on any atom is -0.151 e. The van der Waals surface area contributed by atoms with Gasteiger partial charge in [-0.25, -0.2) is 0 Å². The summed E-state index contributed by atoms with van der Waals surface area (Å²) in [7, 11) is 0. The molecule has 0 heterocycles. The lowest BCUT2D eigenvalue weighted by molar-refractivity contribution is 0.453. The molecule has 0 spiro atoms. The molecule has 1 radical (unpaired) electrons. The fourth-order valence-electron chi connectivity index (χ4n) is 2.46. The molecule has 0 bridgehead atoms. The van der Waals surface area contributed by atoms with Crippen LogP contribution in [0.4, 0.5) is 0 Å². The Hall–Kier alpha value is 0.0900. The van der Waals surface area contributed by atoms with Gasteiger partial charge in [0.2, 0.25) is 0 Å². The molecule has 0 amide bonds. The van der Waals surface area contributed by atoms with Gasteiger partial charge in [-0.15, -0.1) is 0 Å². The first-order chi connectivity index (χ1) is 7.24. The Labute approximate surface area is 98.9 Å². The van der Waals surface area contributed by atoms with Crippen LogP contribution in [-0.4, -0.2) is 10.5 Å². The second kappa shape index (κ2) is 5.43. The first kappa shape index (κ1) is 11.6. The Bertz CT molecular complexity index is 213. The topological polar surface area (TPSA) is 0 Å². The van der Waals surface area contributed by atoms with E-state index in [0.717, 1.165) is 22.3 Å². The van der Waals surface area contributed by atoms with Crippen molar-refractivity contribution in [2.24, 2.45) is 11.8 Å². The van der Waals surface area contributed by atoms with Gasteiger partial charge < -0.3 is 0 Å². The van der Waals surface area contributed by atoms with Crippen molar-refractivity contribution in [2.75, 3.05) is 0 Å². The van der Waals surface area contributed by atoms with Gasteiger partial charge in [-0.1, -0.05) is 26.0 Å². The average Bonchev–Trinajstić information content (AvgIpc) is 2.25. The van der Waals surface area contributed by atoms with Crippen LogP contribution in [0.15, 0.2) is 12.2 Å². The van der Waals surface area contributed by atoms with Crippen molar-refractivity contribution in [1.82, 2.24) is 0 Å². The third kappa shape index (κ3) is 3.55. The molecule has 0 aromatic carbocycles. The summed E-state index contributed by atoms with van der Waals surface area (Å²) in [6.07, 6.45) is 14.4. The second-order valence-corrected chi connectivity index (χ2v) is 6.79. The first-order valence-electron chi connectivity index (χ1n) is 6.41. The quantitative estimate of drug-likeness (QED) is 0.623. The molecule has 0 saturated heterocycles. The summed E-state index contributed by atoms with van der Waals surface area (Å²) < 4.78 is 0. The summed E-state index contributed by atoms with van der Waals surface area (Å²) in [6.45, 7) is 4.70. The third-order valence-electron chi connectivity index (χ3n) is 3.66. The fourth-order valence-corrected chi connectivity index (χ4v) is 3.86. The molecule has 1 heteroatoms. The number of rotatable bonds is 2. The van der Waals surface area contributed by atoms with Crippen molar-refractivity contribution in [3.05, 3.63) is 18.6 Å². The molecule has 0 N–H and O–H groups in total. The second-order valence-electron chi connectivity index (χ2n) is 5.31. The van der Waals surface area contributed by atoms with E-state index in [1.54, 1.807) is 0 Å². The monoisotopic (exact) mass is 223 g/mol. The standard InChI is InChI=1S/C14H23S/c1-11-3-7-13(8-4-11)15-14-9-5-12(2)6-10-14/h3,7,9,11-14H,4-6,8,10H2,1-2H3. The van der Waals surface area contributed by atoms with Gasteiger partial charge in [0.05, 0.1) is 0 Å². The van der Waals surface area contributed by atoms with E-state index in [2.05, 4.69) is 44.2 Å². The van der Waals surface area contributed by atoms with Crippen LogP contribution in [-0.2, 0) is 0 Å². The van der Waals surface area contributed by atoms with Crippen molar-refractivity contribution < 1.29 is 0 Å². The molecule has 0 aromatic heterocycles. The van der Waals surface area contributed by atoms with Crippen LogP contribution in [0.25, 0.3) is 0 Å². The maximum Gasteiger partial charge on any atom is 0.0230 e. The molecule has 2 aliphatic carbocycles. The average molecular weight is 223 g/mol. The molecule has 85 valence electrons. The van der Waals surface area contributed by atoms with Gasteiger partial charge in [-0.3, -0.25) is 0 Å². The fraction of sp³-hybridized carbons (Fsp3) is 0.786. The van der Waals surface area contributed by atoms with E-state index in [0.29, 0.717) is 0 Å². The number of hydrogen-bond acceptors (Lipinski definition) is 1. The van der Waals surface area contributed by atoms with E-state index in [1.807, 2.05) is 0 Å². The van der Waals surface area contributed by atoms with Gasteiger partial charge in [0, 0.05) is 10.5 Å². The molecule has 15 heavy (non-hydrogen) atoms. The van der Waals surface area contributed by atoms with E-state index in [-0.39, 0.29) is 0 Å². The van der Waals surface area contributed by atoms with E-state index < -0.39 is 0 Å². The molecule has 4 atom stereocenters. The van der Waals surface area contributed by atoms with Crippen molar-refractivity contribution in [3.63, 3.8) is 0 Å². The van der Waals surface area contributed by atoms with Gasteiger partial charge >= 0.3 is 0 Å². The SMILES string of the molecule is CC1C=CC(SC2[CH]CC(C)CC2)CC1. The largest absolute Gasteiger partial charge is 0.151 e. The number of hydrogen-bond donors (Lipinski definition) is 0. The predicted octanol–water partition coefficient (Wildman–Crippen LogP) is 4.47. The maximum absolute atomic E-state index is 2.56. The minimum atomic E-state index is 0.802. The Balaban J connectivity index is 1.75. The number of thioether (sulfide) groups is 1. The molecule has 0 nitrogen and oxygen atoms in total. The maximum atomic E-state index is 2.56.